The molecule has 2 aliphatic rings. The van der Waals surface area contributed by atoms with Crippen LogP contribution in [0.15, 0.2) is 29.3 Å². The fourth-order valence-electron chi connectivity index (χ4n) is 3.36. The highest BCUT2D eigenvalue weighted by Gasteiger charge is 2.48. The first-order valence-electron chi connectivity index (χ1n) is 7.17. The van der Waals surface area contributed by atoms with Gasteiger partial charge in [-0.25, -0.2) is 9.18 Å². The van der Waals surface area contributed by atoms with E-state index in [0.29, 0.717) is 35.7 Å². The molecule has 22 heavy (non-hydrogen) atoms. The van der Waals surface area contributed by atoms with E-state index in [4.69, 9.17) is 5.11 Å². The zero-order valence-corrected chi connectivity index (χ0v) is 12.6. The lowest BCUT2D eigenvalue weighted by molar-refractivity contribution is 0.0600. The van der Waals surface area contributed by atoms with Crippen molar-refractivity contribution in [3.63, 3.8) is 0 Å². The number of benzene rings is 1. The highest BCUT2D eigenvalue weighted by molar-refractivity contribution is 8.13. The number of nitrogens with zero attached hydrogens (tertiary/aromatic N) is 1. The minimum absolute atomic E-state index is 0.0162. The zero-order valence-electron chi connectivity index (χ0n) is 11.8. The third-order valence-electron chi connectivity index (χ3n) is 4.37. The lowest BCUT2D eigenvalue weighted by Gasteiger charge is -2.45. The molecule has 118 valence electrons. The SMILES string of the molecule is O=C(O)NC1=N[C@@]2(c3ccccc3F)CC[C@@H](O)C[C@H]2CS1. The van der Waals surface area contributed by atoms with Gasteiger partial charge in [-0.3, -0.25) is 10.3 Å². The maximum Gasteiger partial charge on any atom is 0.410 e. The fourth-order valence-corrected chi connectivity index (χ4v) is 4.52. The number of hydrogen-bond donors (Lipinski definition) is 3. The number of thioether (sulfide) groups is 1. The van der Waals surface area contributed by atoms with E-state index in [0.717, 1.165) is 0 Å². The average Bonchev–Trinajstić information content (AvgIpc) is 2.47. The summed E-state index contributed by atoms with van der Waals surface area (Å²) in [5.41, 5.74) is -0.315. The lowest BCUT2D eigenvalue weighted by atomic mass is 9.69. The summed E-state index contributed by atoms with van der Waals surface area (Å²) in [6.07, 6.45) is -0.00531. The molecule has 1 saturated carbocycles. The first kappa shape index (κ1) is 15.3. The normalized spacial score (nSPS) is 31.1. The van der Waals surface area contributed by atoms with Crippen LogP contribution in [0.4, 0.5) is 9.18 Å². The average molecular weight is 324 g/mol. The Labute approximate surface area is 131 Å². The van der Waals surface area contributed by atoms with Crippen molar-refractivity contribution in [2.75, 3.05) is 5.75 Å². The first-order chi connectivity index (χ1) is 10.5. The molecule has 3 rings (SSSR count). The molecule has 1 aliphatic heterocycles. The monoisotopic (exact) mass is 324 g/mol. The molecule has 3 atom stereocenters. The van der Waals surface area contributed by atoms with Crippen LogP contribution < -0.4 is 5.32 Å². The molecule has 1 amide bonds. The number of aliphatic imine (C=N–C) groups is 1. The van der Waals surface area contributed by atoms with Gasteiger partial charge in [0.05, 0.1) is 11.6 Å². The summed E-state index contributed by atoms with van der Waals surface area (Å²) in [5.74, 6) is 0.247. The summed E-state index contributed by atoms with van der Waals surface area (Å²) in [5, 5.41) is 21.4. The van der Waals surface area contributed by atoms with Crippen LogP contribution in [0, 0.1) is 11.7 Å². The summed E-state index contributed by atoms with van der Waals surface area (Å²) in [6, 6.07) is 6.49. The van der Waals surface area contributed by atoms with E-state index in [-0.39, 0.29) is 11.7 Å². The fraction of sp³-hybridized carbons (Fsp3) is 0.467. The molecule has 7 heteroatoms. The van der Waals surface area contributed by atoms with Crippen LogP contribution in [-0.4, -0.2) is 33.3 Å². The van der Waals surface area contributed by atoms with Gasteiger partial charge >= 0.3 is 6.09 Å². The number of carboxylic acid groups (broad SMARTS) is 1. The van der Waals surface area contributed by atoms with Crippen LogP contribution in [0.1, 0.15) is 24.8 Å². The van der Waals surface area contributed by atoms with Gasteiger partial charge in [-0.15, -0.1) is 0 Å². The second-order valence-corrected chi connectivity index (χ2v) is 6.70. The van der Waals surface area contributed by atoms with Gasteiger partial charge in [0.1, 0.15) is 5.82 Å². The molecule has 0 unspecified atom stereocenters. The van der Waals surface area contributed by atoms with Crippen LogP contribution in [-0.2, 0) is 5.54 Å². The first-order valence-corrected chi connectivity index (χ1v) is 8.15. The Bertz CT molecular complexity index is 625. The molecule has 1 fully saturated rings. The van der Waals surface area contributed by atoms with Crippen molar-refractivity contribution in [2.45, 2.75) is 30.9 Å². The van der Waals surface area contributed by atoms with Crippen molar-refractivity contribution in [2.24, 2.45) is 10.9 Å². The molecule has 0 aromatic heterocycles. The van der Waals surface area contributed by atoms with Crippen molar-refractivity contribution in [1.29, 1.82) is 0 Å². The predicted molar refractivity (Wildman–Crippen MR) is 82.5 cm³/mol. The van der Waals surface area contributed by atoms with Crippen LogP contribution >= 0.6 is 11.8 Å². The molecule has 1 aromatic rings. The molecule has 0 spiro atoms. The lowest BCUT2D eigenvalue weighted by Crippen LogP contribution is -2.47. The maximum atomic E-state index is 14.4. The zero-order chi connectivity index (χ0) is 15.7. The molecule has 0 radical (unpaired) electrons. The van der Waals surface area contributed by atoms with E-state index in [1.807, 2.05) is 0 Å². The highest BCUT2D eigenvalue weighted by Crippen LogP contribution is 2.49. The largest absolute Gasteiger partial charge is 0.465 e. The van der Waals surface area contributed by atoms with Crippen molar-refractivity contribution >= 4 is 23.0 Å². The number of aliphatic hydroxyl groups excluding tert-OH is 1. The van der Waals surface area contributed by atoms with E-state index in [9.17, 15) is 14.3 Å². The summed E-state index contributed by atoms with van der Waals surface area (Å²) >= 11 is 1.30. The Morgan fingerprint density at radius 3 is 2.95 bits per heavy atom. The van der Waals surface area contributed by atoms with Crippen LogP contribution in [0.25, 0.3) is 0 Å². The van der Waals surface area contributed by atoms with Crippen molar-refractivity contribution in [3.8, 4) is 0 Å². The summed E-state index contributed by atoms with van der Waals surface area (Å²) in [7, 11) is 0. The van der Waals surface area contributed by atoms with Gasteiger partial charge in [-0.1, -0.05) is 30.0 Å². The molecule has 5 nitrogen and oxygen atoms in total. The number of hydrogen-bond acceptors (Lipinski definition) is 4. The standard InChI is InChI=1S/C15H17FN2O3S/c16-12-4-2-1-3-11(12)15-6-5-10(19)7-9(15)8-22-13(18-15)17-14(20)21/h1-4,9-10,19H,5-8H2,(H,17,18)(H,20,21)/t9-,10+,15-/m0/s1. The van der Waals surface area contributed by atoms with Gasteiger partial charge < -0.3 is 10.2 Å². The Morgan fingerprint density at radius 2 is 2.23 bits per heavy atom. The maximum absolute atomic E-state index is 14.4. The van der Waals surface area contributed by atoms with Crippen LogP contribution in [0.2, 0.25) is 0 Å². The van der Waals surface area contributed by atoms with Gasteiger partial charge in [-0.2, -0.15) is 0 Å². The third kappa shape index (κ3) is 2.70. The number of carbonyl (C=O) groups is 1. The van der Waals surface area contributed by atoms with E-state index >= 15 is 0 Å². The summed E-state index contributed by atoms with van der Waals surface area (Å²) < 4.78 is 14.4. The van der Waals surface area contributed by atoms with E-state index in [1.165, 1.54) is 17.8 Å². The molecule has 1 heterocycles. The van der Waals surface area contributed by atoms with Gasteiger partial charge in [0.25, 0.3) is 0 Å². The Balaban J connectivity index is 2.07. The van der Waals surface area contributed by atoms with E-state index < -0.39 is 17.7 Å². The van der Waals surface area contributed by atoms with Crippen molar-refractivity contribution in [3.05, 3.63) is 35.6 Å². The topological polar surface area (TPSA) is 81.9 Å². The molecule has 0 bridgehead atoms. The number of amides is 1. The number of aliphatic hydroxyl groups is 1. The second kappa shape index (κ2) is 5.89. The molecule has 1 aromatic carbocycles. The number of amidine groups is 1. The Kier molecular flexibility index (Phi) is 4.10. The summed E-state index contributed by atoms with van der Waals surface area (Å²) in [4.78, 5) is 15.4. The van der Waals surface area contributed by atoms with Gasteiger partial charge in [0.15, 0.2) is 5.17 Å². The van der Waals surface area contributed by atoms with E-state index in [1.54, 1.807) is 18.2 Å². The Hall–Kier alpha value is -1.60. The smallest absolute Gasteiger partial charge is 0.410 e. The van der Waals surface area contributed by atoms with Crippen molar-refractivity contribution in [1.82, 2.24) is 5.32 Å². The minimum Gasteiger partial charge on any atom is -0.465 e. The number of rotatable bonds is 1. The molecule has 1 aliphatic carbocycles. The number of nitrogens with one attached hydrogen (secondary N) is 1. The molecular weight excluding hydrogens is 307 g/mol. The highest BCUT2D eigenvalue weighted by atomic mass is 32.2. The number of halogens is 1. The van der Waals surface area contributed by atoms with Gasteiger partial charge in [0, 0.05) is 17.2 Å². The second-order valence-electron chi connectivity index (χ2n) is 5.69. The molecular formula is C15H17FN2O3S. The van der Waals surface area contributed by atoms with Gasteiger partial charge in [0.2, 0.25) is 0 Å². The van der Waals surface area contributed by atoms with Gasteiger partial charge in [-0.05, 0) is 25.3 Å². The molecule has 0 saturated heterocycles. The quantitative estimate of drug-likeness (QED) is 0.741. The molecule has 3 N–H and O–H groups in total. The van der Waals surface area contributed by atoms with Crippen LogP contribution in [0.5, 0.6) is 0 Å². The minimum atomic E-state index is -1.18. The van der Waals surface area contributed by atoms with Crippen LogP contribution in [0.3, 0.4) is 0 Å². The third-order valence-corrected chi connectivity index (χ3v) is 5.40. The number of fused-ring (bicyclic) bond motifs is 1. The summed E-state index contributed by atoms with van der Waals surface area (Å²) in [6.45, 7) is 0. The Morgan fingerprint density at radius 1 is 1.45 bits per heavy atom. The van der Waals surface area contributed by atoms with Crippen molar-refractivity contribution < 1.29 is 19.4 Å². The van der Waals surface area contributed by atoms with E-state index in [2.05, 4.69) is 10.3 Å². The predicted octanol–water partition coefficient (Wildman–Crippen LogP) is 2.55.